The third kappa shape index (κ3) is 9.48. The zero-order valence-electron chi connectivity index (χ0n) is 42.2. The van der Waals surface area contributed by atoms with Crippen molar-refractivity contribution in [2.45, 2.75) is 86.2 Å². The number of thiophene rings is 4. The van der Waals surface area contributed by atoms with Gasteiger partial charge >= 0.3 is 0 Å². The molecule has 1 aromatic carbocycles. The molecule has 380 valence electrons. The number of rotatable bonds is 14. The number of benzene rings is 1. The Hall–Kier alpha value is -6.92. The van der Waals surface area contributed by atoms with Crippen LogP contribution in [0.4, 0.5) is 17.6 Å². The molecule has 5 aromatic rings. The lowest BCUT2D eigenvalue weighted by Crippen LogP contribution is -2.28. The first-order chi connectivity index (χ1) is 35.7. The molecule has 4 aliphatic rings. The summed E-state index contributed by atoms with van der Waals surface area (Å²) in [6, 6.07) is 17.2. The van der Waals surface area contributed by atoms with Gasteiger partial charge in [-0.15, -0.1) is 45.3 Å². The second kappa shape index (κ2) is 20.7. The maximum absolute atomic E-state index is 14.7. The third-order valence-electron chi connectivity index (χ3n) is 13.2. The summed E-state index contributed by atoms with van der Waals surface area (Å²) >= 11 is 6.02. The zero-order valence-corrected chi connectivity index (χ0v) is 45.5. The van der Waals surface area contributed by atoms with Gasteiger partial charge in [-0.2, -0.15) is 21.0 Å². The number of allylic oxidation sites excluding steroid dienone is 10. The van der Waals surface area contributed by atoms with Crippen molar-refractivity contribution in [3.05, 3.63) is 131 Å². The van der Waals surface area contributed by atoms with E-state index in [4.69, 9.17) is 9.47 Å². The van der Waals surface area contributed by atoms with Crippen LogP contribution in [-0.2, 0) is 10.2 Å². The van der Waals surface area contributed by atoms with Crippen LogP contribution in [0.2, 0.25) is 0 Å². The van der Waals surface area contributed by atoms with E-state index in [0.29, 0.717) is 34.5 Å². The van der Waals surface area contributed by atoms with Crippen LogP contribution in [-0.4, -0.2) is 31.0 Å². The highest BCUT2D eigenvalue weighted by molar-refractivity contribution is 7.29. The van der Waals surface area contributed by atoms with Gasteiger partial charge in [0.25, 0.3) is 0 Å². The van der Waals surface area contributed by atoms with Crippen molar-refractivity contribution in [2.24, 2.45) is 23.7 Å². The second-order valence-electron chi connectivity index (χ2n) is 20.7. The first kappa shape index (κ1) is 52.9. The molecule has 0 fully saturated rings. The van der Waals surface area contributed by atoms with E-state index in [9.17, 15) is 48.2 Å². The van der Waals surface area contributed by atoms with Gasteiger partial charge < -0.3 is 9.47 Å². The van der Waals surface area contributed by atoms with Crippen LogP contribution in [0.3, 0.4) is 0 Å². The van der Waals surface area contributed by atoms with Crippen molar-refractivity contribution in [3.8, 4) is 65.0 Å². The summed E-state index contributed by atoms with van der Waals surface area (Å²) in [5.41, 5.74) is 0.994. The Kier molecular flexibility index (Phi) is 14.6. The van der Waals surface area contributed by atoms with E-state index >= 15 is 0 Å². The molecule has 4 heterocycles. The van der Waals surface area contributed by atoms with Gasteiger partial charge in [-0.05, 0) is 113 Å². The third-order valence-corrected chi connectivity index (χ3v) is 18.1. The Morgan fingerprint density at radius 1 is 0.627 bits per heavy atom. The van der Waals surface area contributed by atoms with Gasteiger partial charge in [-0.25, -0.2) is 17.6 Å². The maximum Gasteiger partial charge on any atom is 0.194 e. The second-order valence-corrected chi connectivity index (χ2v) is 25.0. The van der Waals surface area contributed by atoms with Crippen molar-refractivity contribution in [3.63, 3.8) is 0 Å². The molecule has 8 nitrogen and oxygen atoms in total. The standard InChI is InChI=1S/C59H48F4N4O4S4/c1-27(2)19-59(20-28(3)4)41-17-49(57-47(70-25-29(5)6)11-33(72-57)9-39-51(31(21-64)22-65)35-13-43(60)45(62)15-37(35)53(39)68)74-55(41)56-42(59)18-50(75-56)58-48(71-26-30(7)8)12-34(73-58)10-40-52(32(23-66)24-67)36-14-44(61)46(63)16-38(36)54(40)69/h9-15,17-18,27-30,46H,16,19-20,25-26H2,1-8H3/b39-9-,40-10-. The number of halogens is 4. The number of alkyl halides is 1. The van der Waals surface area contributed by atoms with E-state index in [1.807, 2.05) is 64.1 Å². The Balaban J connectivity index is 1.19. The van der Waals surface area contributed by atoms with Gasteiger partial charge in [-0.1, -0.05) is 55.4 Å². The van der Waals surface area contributed by atoms with Crippen LogP contribution < -0.4 is 9.47 Å². The van der Waals surface area contributed by atoms with Crippen LogP contribution in [0.25, 0.3) is 47.0 Å². The summed E-state index contributed by atoms with van der Waals surface area (Å²) in [6.45, 7) is 17.8. The summed E-state index contributed by atoms with van der Waals surface area (Å²) in [7, 11) is 0. The van der Waals surface area contributed by atoms with Gasteiger partial charge in [0.2, 0.25) is 0 Å². The highest BCUT2D eigenvalue weighted by Crippen LogP contribution is 2.64. The minimum absolute atomic E-state index is 0.0122. The number of hydrogen-bond donors (Lipinski definition) is 0. The molecule has 0 amide bonds. The van der Waals surface area contributed by atoms with Crippen LogP contribution >= 0.6 is 45.3 Å². The average Bonchev–Trinajstić information content (AvgIpc) is 4.29. The SMILES string of the molecule is CC(C)COc1cc(/C=C2\C(=O)C3=C(C=C(F)C(F)C3)C2=C(C#N)C#N)sc1-c1cc2c(s1)-c1sc(-c3sc(/C=C4\C(=O)c5cc(F)c(F)cc5C4=C(C#N)C#N)cc3OCC(C)C)cc1C2(CC(C)C)CC(C)C. The molecule has 9 rings (SSSR count). The highest BCUT2D eigenvalue weighted by Gasteiger charge is 2.48. The molecule has 1 unspecified atom stereocenters. The van der Waals surface area contributed by atoms with Gasteiger partial charge in [0.15, 0.2) is 29.4 Å². The van der Waals surface area contributed by atoms with Crippen molar-refractivity contribution < 1.29 is 36.6 Å². The lowest BCUT2D eigenvalue weighted by molar-refractivity contribution is -0.111. The van der Waals surface area contributed by atoms with E-state index < -0.39 is 52.6 Å². The molecular weight excluding hydrogens is 1030 g/mol. The number of hydrogen-bond acceptors (Lipinski definition) is 12. The monoisotopic (exact) mass is 1080 g/mol. The maximum atomic E-state index is 14.7. The van der Waals surface area contributed by atoms with Crippen LogP contribution in [0.15, 0.2) is 87.3 Å². The van der Waals surface area contributed by atoms with Crippen molar-refractivity contribution in [1.82, 2.24) is 0 Å². The topological polar surface area (TPSA) is 148 Å². The molecule has 4 aromatic heterocycles. The first-order valence-corrected chi connectivity index (χ1v) is 27.7. The largest absolute Gasteiger partial charge is 0.492 e. The molecule has 0 bridgehead atoms. The number of fused-ring (bicyclic) bond motifs is 4. The normalized spacial score (nSPS) is 17.4. The van der Waals surface area contributed by atoms with Crippen LogP contribution in [0.1, 0.15) is 111 Å². The first-order valence-electron chi connectivity index (χ1n) is 24.4. The van der Waals surface area contributed by atoms with Gasteiger partial charge in [0.05, 0.1) is 23.0 Å². The zero-order chi connectivity index (χ0) is 53.9. The highest BCUT2D eigenvalue weighted by atomic mass is 32.1. The van der Waals surface area contributed by atoms with Crippen molar-refractivity contribution in [2.75, 3.05) is 13.2 Å². The molecule has 0 spiro atoms. The number of nitriles is 4. The van der Waals surface area contributed by atoms with Crippen LogP contribution in [0.5, 0.6) is 11.5 Å². The smallest absolute Gasteiger partial charge is 0.194 e. The molecule has 1 atom stereocenters. The Morgan fingerprint density at radius 3 is 1.53 bits per heavy atom. The summed E-state index contributed by atoms with van der Waals surface area (Å²) in [5, 5.41) is 39.9. The summed E-state index contributed by atoms with van der Waals surface area (Å²) in [6.07, 6.45) is 3.20. The van der Waals surface area contributed by atoms with E-state index in [-0.39, 0.29) is 73.8 Å². The minimum Gasteiger partial charge on any atom is -0.492 e. The molecule has 0 saturated heterocycles. The van der Waals surface area contributed by atoms with Gasteiger partial charge in [0, 0.05) is 74.5 Å². The number of ether oxygens (including phenoxy) is 2. The Morgan fingerprint density at radius 2 is 1.08 bits per heavy atom. The van der Waals surface area contributed by atoms with Gasteiger partial charge in [0.1, 0.15) is 52.7 Å². The number of ketones is 2. The number of Topliss-reactive ketones (excluding diaryl/α,β-unsaturated/α-hetero) is 2. The summed E-state index contributed by atoms with van der Waals surface area (Å²) in [4.78, 5) is 34.8. The van der Waals surface area contributed by atoms with E-state index in [1.54, 1.807) is 34.8 Å². The molecule has 0 N–H and O–H groups in total. The van der Waals surface area contributed by atoms with Crippen molar-refractivity contribution in [1.29, 1.82) is 21.0 Å². The number of carbonyl (C=O) groups excluding carboxylic acids is 2. The minimum atomic E-state index is -2.01. The number of carbonyl (C=O) groups is 2. The molecule has 75 heavy (non-hydrogen) atoms. The predicted octanol–water partition coefficient (Wildman–Crippen LogP) is 16.3. The summed E-state index contributed by atoms with van der Waals surface area (Å²) in [5.74, 6) is -2.68. The quantitative estimate of drug-likeness (QED) is 0.0606. The molecule has 0 radical (unpaired) electrons. The van der Waals surface area contributed by atoms with E-state index in [1.165, 1.54) is 33.8 Å². The number of nitrogens with zero attached hydrogens (tertiary/aromatic N) is 4. The molecular formula is C59H48F4N4O4S4. The van der Waals surface area contributed by atoms with Crippen LogP contribution in [0, 0.1) is 80.6 Å². The fourth-order valence-electron chi connectivity index (χ4n) is 10.4. The predicted molar refractivity (Wildman–Crippen MR) is 288 cm³/mol. The fraction of sp³-hybridized carbons (Fsp3) is 0.322. The fourth-order valence-corrected chi connectivity index (χ4v) is 15.4. The molecule has 0 saturated carbocycles. The molecule has 0 aliphatic heterocycles. The van der Waals surface area contributed by atoms with Gasteiger partial charge in [-0.3, -0.25) is 9.59 Å². The average molecular weight is 1080 g/mol. The molecule has 16 heteroatoms. The Bertz CT molecular complexity index is 3610. The summed E-state index contributed by atoms with van der Waals surface area (Å²) < 4.78 is 71.6. The lowest BCUT2D eigenvalue weighted by atomic mass is 9.68. The van der Waals surface area contributed by atoms with Crippen molar-refractivity contribution >= 4 is 74.6 Å². The van der Waals surface area contributed by atoms with E-state index in [2.05, 4.69) is 39.8 Å². The lowest BCUT2D eigenvalue weighted by Gasteiger charge is -2.34. The van der Waals surface area contributed by atoms with E-state index in [0.717, 1.165) is 60.3 Å². The molecule has 4 aliphatic carbocycles. The Labute approximate surface area is 448 Å².